The molecule has 0 N–H and O–H groups in total. The predicted molar refractivity (Wildman–Crippen MR) is 59.4 cm³/mol. The molecule has 0 aliphatic heterocycles. The van der Waals surface area contributed by atoms with Crippen LogP contribution in [0.5, 0.6) is 0 Å². The molecule has 0 aliphatic rings. The molecule has 3 heteroatoms. The van der Waals surface area contributed by atoms with E-state index in [1.54, 1.807) is 18.6 Å². The molecule has 2 heterocycles. The largest absolute Gasteiger partial charge is 0.257 e. The van der Waals surface area contributed by atoms with Crippen LogP contribution in [0.3, 0.4) is 0 Å². The van der Waals surface area contributed by atoms with Crippen molar-refractivity contribution in [2.24, 2.45) is 0 Å². The fourth-order valence-electron chi connectivity index (χ4n) is 1.56. The van der Waals surface area contributed by atoms with Crippen molar-refractivity contribution in [2.75, 3.05) is 0 Å². The van der Waals surface area contributed by atoms with Crippen molar-refractivity contribution >= 4 is 0 Å². The molecule has 0 atom stereocenters. The summed E-state index contributed by atoms with van der Waals surface area (Å²) in [4.78, 5) is 13.0. The summed E-state index contributed by atoms with van der Waals surface area (Å²) in [5, 5.41) is 0. The minimum absolute atomic E-state index is 0.874. The summed E-state index contributed by atoms with van der Waals surface area (Å²) in [7, 11) is 0. The van der Waals surface area contributed by atoms with E-state index < -0.39 is 0 Å². The van der Waals surface area contributed by atoms with Crippen LogP contribution in [0.15, 0.2) is 30.7 Å². The first kappa shape index (κ1) is 9.77. The second-order valence-corrected chi connectivity index (χ2v) is 3.37. The van der Waals surface area contributed by atoms with Crippen LogP contribution < -0.4 is 0 Å². The molecule has 0 saturated heterocycles. The van der Waals surface area contributed by atoms with Gasteiger partial charge in [-0.15, -0.1) is 0 Å². The van der Waals surface area contributed by atoms with E-state index in [1.165, 1.54) is 0 Å². The maximum Gasteiger partial charge on any atom is 0.110 e. The highest BCUT2D eigenvalue weighted by Gasteiger charge is 2.09. The van der Waals surface area contributed by atoms with Gasteiger partial charge in [0.1, 0.15) is 5.69 Å². The number of rotatable bonds is 2. The fourth-order valence-corrected chi connectivity index (χ4v) is 1.56. The summed E-state index contributed by atoms with van der Waals surface area (Å²) < 4.78 is 0. The molecular weight excluding hydrogens is 186 g/mol. The van der Waals surface area contributed by atoms with E-state index in [1.807, 2.05) is 19.1 Å². The Labute approximate surface area is 89.2 Å². The highest BCUT2D eigenvalue weighted by atomic mass is 14.8. The van der Waals surface area contributed by atoms with Crippen molar-refractivity contribution in [3.8, 4) is 11.4 Å². The SMILES string of the molecule is CCc1nccnc1-c1ncccc1C. The van der Waals surface area contributed by atoms with Gasteiger partial charge < -0.3 is 0 Å². The van der Waals surface area contributed by atoms with Crippen LogP contribution in [-0.4, -0.2) is 15.0 Å². The first-order valence-corrected chi connectivity index (χ1v) is 5.04. The van der Waals surface area contributed by atoms with Crippen LogP contribution in [-0.2, 0) is 6.42 Å². The number of nitrogens with zero attached hydrogens (tertiary/aromatic N) is 3. The molecule has 2 rings (SSSR count). The molecule has 0 amide bonds. The minimum Gasteiger partial charge on any atom is -0.257 e. The van der Waals surface area contributed by atoms with Gasteiger partial charge in [0.25, 0.3) is 0 Å². The first-order valence-electron chi connectivity index (χ1n) is 5.04. The Morgan fingerprint density at radius 3 is 2.47 bits per heavy atom. The molecule has 76 valence electrons. The molecule has 0 saturated carbocycles. The smallest absolute Gasteiger partial charge is 0.110 e. The average molecular weight is 199 g/mol. The second kappa shape index (κ2) is 4.17. The van der Waals surface area contributed by atoms with E-state index >= 15 is 0 Å². The molecule has 0 aromatic carbocycles. The van der Waals surface area contributed by atoms with Gasteiger partial charge in [-0.1, -0.05) is 13.0 Å². The molecule has 0 aliphatic carbocycles. The Bertz CT molecular complexity index is 466. The van der Waals surface area contributed by atoms with E-state index in [0.717, 1.165) is 29.1 Å². The third-order valence-corrected chi connectivity index (χ3v) is 2.34. The molecule has 2 aromatic rings. The van der Waals surface area contributed by atoms with Gasteiger partial charge in [0.2, 0.25) is 0 Å². The lowest BCUT2D eigenvalue weighted by Crippen LogP contribution is -1.98. The summed E-state index contributed by atoms with van der Waals surface area (Å²) in [6.45, 7) is 4.11. The Hall–Kier alpha value is -1.77. The molecule has 0 radical (unpaired) electrons. The van der Waals surface area contributed by atoms with Crippen molar-refractivity contribution in [1.29, 1.82) is 0 Å². The molecule has 0 bridgehead atoms. The van der Waals surface area contributed by atoms with Gasteiger partial charge in [-0.2, -0.15) is 0 Å². The van der Waals surface area contributed by atoms with Crippen molar-refractivity contribution in [3.63, 3.8) is 0 Å². The fraction of sp³-hybridized carbons (Fsp3) is 0.250. The normalized spacial score (nSPS) is 10.3. The van der Waals surface area contributed by atoms with E-state index in [4.69, 9.17) is 0 Å². The summed E-state index contributed by atoms with van der Waals surface area (Å²) >= 11 is 0. The van der Waals surface area contributed by atoms with Crippen molar-refractivity contribution in [3.05, 3.63) is 42.0 Å². The monoisotopic (exact) mass is 199 g/mol. The standard InChI is InChI=1S/C12H13N3/c1-3-10-12(15-8-7-13-10)11-9(2)5-4-6-14-11/h4-8H,3H2,1-2H3. The number of hydrogen-bond acceptors (Lipinski definition) is 3. The zero-order valence-electron chi connectivity index (χ0n) is 8.94. The van der Waals surface area contributed by atoms with Crippen molar-refractivity contribution < 1.29 is 0 Å². The van der Waals surface area contributed by atoms with E-state index in [2.05, 4.69) is 21.9 Å². The van der Waals surface area contributed by atoms with Crippen LogP contribution in [0.2, 0.25) is 0 Å². The summed E-state index contributed by atoms with van der Waals surface area (Å²) in [6.07, 6.45) is 6.10. The zero-order chi connectivity index (χ0) is 10.7. The topological polar surface area (TPSA) is 38.7 Å². The minimum atomic E-state index is 0.874. The van der Waals surface area contributed by atoms with Crippen molar-refractivity contribution in [1.82, 2.24) is 15.0 Å². The summed E-state index contributed by atoms with van der Waals surface area (Å²) in [5.41, 5.74) is 3.97. The molecule has 15 heavy (non-hydrogen) atoms. The number of hydrogen-bond donors (Lipinski definition) is 0. The van der Waals surface area contributed by atoms with Gasteiger partial charge in [0.05, 0.1) is 11.4 Å². The van der Waals surface area contributed by atoms with Crippen molar-refractivity contribution in [2.45, 2.75) is 20.3 Å². The average Bonchev–Trinajstić information content (AvgIpc) is 2.30. The van der Waals surface area contributed by atoms with E-state index in [0.29, 0.717) is 0 Å². The van der Waals surface area contributed by atoms with Crippen LogP contribution in [0.25, 0.3) is 11.4 Å². The summed E-state index contributed by atoms with van der Waals surface area (Å²) in [6, 6.07) is 3.97. The van der Waals surface area contributed by atoms with Gasteiger partial charge in [-0.3, -0.25) is 15.0 Å². The quantitative estimate of drug-likeness (QED) is 0.745. The molecule has 2 aromatic heterocycles. The number of aromatic nitrogens is 3. The molecule has 0 spiro atoms. The van der Waals surface area contributed by atoms with Crippen LogP contribution in [0, 0.1) is 6.92 Å². The molecular formula is C12H13N3. The highest BCUT2D eigenvalue weighted by Crippen LogP contribution is 2.20. The Morgan fingerprint density at radius 1 is 1.00 bits per heavy atom. The predicted octanol–water partition coefficient (Wildman–Crippen LogP) is 2.41. The zero-order valence-corrected chi connectivity index (χ0v) is 8.94. The second-order valence-electron chi connectivity index (χ2n) is 3.37. The third-order valence-electron chi connectivity index (χ3n) is 2.34. The molecule has 0 unspecified atom stereocenters. The maximum atomic E-state index is 4.36. The van der Waals surface area contributed by atoms with Gasteiger partial charge in [0.15, 0.2) is 0 Å². The van der Waals surface area contributed by atoms with Gasteiger partial charge in [0, 0.05) is 18.6 Å². The number of pyridine rings is 1. The van der Waals surface area contributed by atoms with Crippen LogP contribution >= 0.6 is 0 Å². The maximum absolute atomic E-state index is 4.36. The highest BCUT2D eigenvalue weighted by molar-refractivity contribution is 5.60. The van der Waals surface area contributed by atoms with E-state index in [-0.39, 0.29) is 0 Å². The lowest BCUT2D eigenvalue weighted by atomic mass is 10.1. The molecule has 0 fully saturated rings. The van der Waals surface area contributed by atoms with Gasteiger partial charge in [-0.25, -0.2) is 0 Å². The van der Waals surface area contributed by atoms with E-state index in [9.17, 15) is 0 Å². The Balaban J connectivity index is 2.59. The Kier molecular flexibility index (Phi) is 2.72. The third kappa shape index (κ3) is 1.86. The van der Waals surface area contributed by atoms with Crippen LogP contribution in [0.1, 0.15) is 18.2 Å². The summed E-state index contributed by atoms with van der Waals surface area (Å²) in [5.74, 6) is 0. The molecule has 3 nitrogen and oxygen atoms in total. The lowest BCUT2D eigenvalue weighted by molar-refractivity contribution is 0.997. The van der Waals surface area contributed by atoms with Gasteiger partial charge in [-0.05, 0) is 25.0 Å². The Morgan fingerprint density at radius 2 is 1.73 bits per heavy atom. The van der Waals surface area contributed by atoms with Crippen LogP contribution in [0.4, 0.5) is 0 Å². The number of aryl methyl sites for hydroxylation is 2. The van der Waals surface area contributed by atoms with Gasteiger partial charge >= 0.3 is 0 Å². The lowest BCUT2D eigenvalue weighted by Gasteiger charge is -2.06. The first-order chi connectivity index (χ1) is 7.33.